The summed E-state index contributed by atoms with van der Waals surface area (Å²) in [5, 5.41) is 9.80. The Morgan fingerprint density at radius 1 is 1.41 bits per heavy atom. The summed E-state index contributed by atoms with van der Waals surface area (Å²) >= 11 is 0. The Hall–Kier alpha value is -1.81. The van der Waals surface area contributed by atoms with E-state index < -0.39 is 0 Å². The number of benzene rings is 1. The maximum Gasteiger partial charge on any atom is 0.255 e. The summed E-state index contributed by atoms with van der Waals surface area (Å²) in [6.45, 7) is 0.328. The number of aliphatic hydroxyl groups excluding tert-OH is 1. The molecule has 1 heterocycles. The molecule has 1 N–H and O–H groups in total. The summed E-state index contributed by atoms with van der Waals surface area (Å²) in [5.41, 5.74) is 1.72. The minimum absolute atomic E-state index is 0.0208. The first-order valence-corrected chi connectivity index (χ1v) is 5.55. The van der Waals surface area contributed by atoms with Crippen LogP contribution in [0.4, 0.5) is 0 Å². The number of aryl methyl sites for hydroxylation is 1. The fraction of sp³-hybridized carbons (Fsp3) is 0.308. The van der Waals surface area contributed by atoms with E-state index in [9.17, 15) is 4.79 Å². The maximum atomic E-state index is 12.2. The Bertz CT molecular complexity index is 545. The lowest BCUT2D eigenvalue weighted by Crippen LogP contribution is -2.29. The average Bonchev–Trinajstić information content (AvgIpc) is 2.67. The molecule has 0 bridgehead atoms. The van der Waals surface area contributed by atoms with Crippen LogP contribution in [0.2, 0.25) is 0 Å². The molecular formula is C13H16N2O2. The number of amides is 1. The number of carbonyl (C=O) groups is 1. The molecule has 17 heavy (non-hydrogen) atoms. The minimum Gasteiger partial charge on any atom is -0.395 e. The van der Waals surface area contributed by atoms with Crippen LogP contribution in [-0.2, 0) is 7.05 Å². The molecule has 0 fully saturated rings. The van der Waals surface area contributed by atoms with Crippen molar-refractivity contribution in [1.82, 2.24) is 9.47 Å². The fourth-order valence-corrected chi connectivity index (χ4v) is 1.97. The van der Waals surface area contributed by atoms with Gasteiger partial charge in [-0.15, -0.1) is 0 Å². The Balaban J connectivity index is 2.45. The largest absolute Gasteiger partial charge is 0.395 e. The molecule has 0 aliphatic rings. The Morgan fingerprint density at radius 2 is 2.12 bits per heavy atom. The highest BCUT2D eigenvalue weighted by atomic mass is 16.3. The summed E-state index contributed by atoms with van der Waals surface area (Å²) in [5.74, 6) is -0.0594. The zero-order valence-corrected chi connectivity index (χ0v) is 10.1. The molecular weight excluding hydrogens is 216 g/mol. The van der Waals surface area contributed by atoms with E-state index in [0.717, 1.165) is 10.9 Å². The zero-order chi connectivity index (χ0) is 12.4. The molecule has 90 valence electrons. The summed E-state index contributed by atoms with van der Waals surface area (Å²) in [6, 6.07) is 7.80. The van der Waals surface area contributed by atoms with Gasteiger partial charge in [0, 0.05) is 37.7 Å². The molecule has 0 saturated heterocycles. The predicted octanol–water partition coefficient (Wildman–Crippen LogP) is 1.24. The van der Waals surface area contributed by atoms with Crippen molar-refractivity contribution >= 4 is 16.8 Å². The van der Waals surface area contributed by atoms with E-state index in [2.05, 4.69) is 0 Å². The van der Waals surface area contributed by atoms with Gasteiger partial charge in [0.25, 0.3) is 5.91 Å². The molecule has 1 aromatic heterocycles. The van der Waals surface area contributed by atoms with Gasteiger partial charge in [0.05, 0.1) is 12.2 Å². The van der Waals surface area contributed by atoms with Crippen LogP contribution in [0.15, 0.2) is 30.5 Å². The fourth-order valence-electron chi connectivity index (χ4n) is 1.97. The first kappa shape index (κ1) is 11.7. The van der Waals surface area contributed by atoms with Crippen molar-refractivity contribution in [2.75, 3.05) is 20.2 Å². The molecule has 2 rings (SSSR count). The smallest absolute Gasteiger partial charge is 0.255 e. The van der Waals surface area contributed by atoms with Gasteiger partial charge in [-0.3, -0.25) is 4.79 Å². The quantitative estimate of drug-likeness (QED) is 0.865. The van der Waals surface area contributed by atoms with Crippen molar-refractivity contribution in [3.8, 4) is 0 Å². The number of hydrogen-bond acceptors (Lipinski definition) is 2. The summed E-state index contributed by atoms with van der Waals surface area (Å²) in [6.07, 6.45) is 1.83. The number of para-hydroxylation sites is 1. The van der Waals surface area contributed by atoms with Gasteiger partial charge in [-0.1, -0.05) is 18.2 Å². The average molecular weight is 232 g/mol. The van der Waals surface area contributed by atoms with E-state index in [4.69, 9.17) is 5.11 Å². The number of nitrogens with zero attached hydrogens (tertiary/aromatic N) is 2. The molecule has 1 amide bonds. The molecule has 0 aliphatic carbocycles. The van der Waals surface area contributed by atoms with Gasteiger partial charge < -0.3 is 14.6 Å². The third-order valence-electron chi connectivity index (χ3n) is 2.91. The molecule has 0 unspecified atom stereocenters. The van der Waals surface area contributed by atoms with Crippen LogP contribution in [0.3, 0.4) is 0 Å². The summed E-state index contributed by atoms with van der Waals surface area (Å²) < 4.78 is 1.94. The number of likely N-dealkylation sites (N-methyl/N-ethyl adjacent to an activating group) is 1. The van der Waals surface area contributed by atoms with Gasteiger partial charge in [0.2, 0.25) is 0 Å². The van der Waals surface area contributed by atoms with Crippen LogP contribution in [0.1, 0.15) is 10.4 Å². The second-order valence-corrected chi connectivity index (χ2v) is 4.12. The highest BCUT2D eigenvalue weighted by molar-refractivity contribution is 6.06. The van der Waals surface area contributed by atoms with Crippen molar-refractivity contribution in [3.63, 3.8) is 0 Å². The normalized spacial score (nSPS) is 10.8. The van der Waals surface area contributed by atoms with Gasteiger partial charge >= 0.3 is 0 Å². The predicted molar refractivity (Wildman–Crippen MR) is 67.0 cm³/mol. The van der Waals surface area contributed by atoms with Crippen LogP contribution < -0.4 is 0 Å². The molecule has 0 atom stereocenters. The van der Waals surface area contributed by atoms with E-state index in [1.54, 1.807) is 7.05 Å². The van der Waals surface area contributed by atoms with E-state index in [0.29, 0.717) is 12.1 Å². The molecule has 1 aromatic carbocycles. The molecule has 0 saturated carbocycles. The maximum absolute atomic E-state index is 12.2. The molecule has 0 aliphatic heterocycles. The molecule has 0 spiro atoms. The first-order chi connectivity index (χ1) is 8.15. The van der Waals surface area contributed by atoms with Gasteiger partial charge in [-0.2, -0.15) is 0 Å². The number of rotatable bonds is 3. The van der Waals surface area contributed by atoms with E-state index in [-0.39, 0.29) is 12.5 Å². The number of aliphatic hydroxyl groups is 1. The van der Waals surface area contributed by atoms with Crippen LogP contribution >= 0.6 is 0 Å². The Morgan fingerprint density at radius 3 is 2.82 bits per heavy atom. The number of carbonyl (C=O) groups excluding carboxylic acids is 1. The first-order valence-electron chi connectivity index (χ1n) is 5.55. The standard InChI is InChI=1S/C13H16N2O2/c1-14(7-8-16)13(17)11-9-15(2)12-6-4-3-5-10(11)12/h3-6,9,16H,7-8H2,1-2H3. The lowest BCUT2D eigenvalue weighted by molar-refractivity contribution is 0.0768. The monoisotopic (exact) mass is 232 g/mol. The van der Waals surface area contributed by atoms with Crippen LogP contribution in [-0.4, -0.2) is 40.7 Å². The lowest BCUT2D eigenvalue weighted by Gasteiger charge is -2.14. The van der Waals surface area contributed by atoms with E-state index >= 15 is 0 Å². The highest BCUT2D eigenvalue weighted by Crippen LogP contribution is 2.21. The second kappa shape index (κ2) is 4.59. The topological polar surface area (TPSA) is 45.5 Å². The second-order valence-electron chi connectivity index (χ2n) is 4.12. The van der Waals surface area contributed by atoms with Gasteiger partial charge in [0.1, 0.15) is 0 Å². The number of hydrogen-bond donors (Lipinski definition) is 1. The third-order valence-corrected chi connectivity index (χ3v) is 2.91. The van der Waals surface area contributed by atoms with Crippen molar-refractivity contribution in [3.05, 3.63) is 36.0 Å². The minimum atomic E-state index is -0.0594. The highest BCUT2D eigenvalue weighted by Gasteiger charge is 2.16. The SMILES string of the molecule is CN(CCO)C(=O)c1cn(C)c2ccccc12. The van der Waals surface area contributed by atoms with Crippen molar-refractivity contribution in [1.29, 1.82) is 0 Å². The third kappa shape index (κ3) is 2.03. The Kier molecular flexibility index (Phi) is 3.15. The molecule has 0 radical (unpaired) electrons. The Labute approximate surface area is 100 Å². The summed E-state index contributed by atoms with van der Waals surface area (Å²) in [4.78, 5) is 13.7. The van der Waals surface area contributed by atoms with Gasteiger partial charge in [-0.25, -0.2) is 0 Å². The molecule has 4 heteroatoms. The van der Waals surface area contributed by atoms with E-state index in [1.165, 1.54) is 4.90 Å². The van der Waals surface area contributed by atoms with Crippen molar-refractivity contribution < 1.29 is 9.90 Å². The van der Waals surface area contributed by atoms with Crippen molar-refractivity contribution in [2.45, 2.75) is 0 Å². The number of fused-ring (bicyclic) bond motifs is 1. The van der Waals surface area contributed by atoms with Crippen LogP contribution in [0, 0.1) is 0 Å². The number of aromatic nitrogens is 1. The molecule has 2 aromatic rings. The van der Waals surface area contributed by atoms with Crippen LogP contribution in [0.5, 0.6) is 0 Å². The van der Waals surface area contributed by atoms with Gasteiger partial charge in [-0.05, 0) is 6.07 Å². The zero-order valence-electron chi connectivity index (χ0n) is 10.1. The van der Waals surface area contributed by atoms with Gasteiger partial charge in [0.15, 0.2) is 0 Å². The summed E-state index contributed by atoms with van der Waals surface area (Å²) in [7, 11) is 3.62. The molecule has 4 nitrogen and oxygen atoms in total. The van der Waals surface area contributed by atoms with Crippen LogP contribution in [0.25, 0.3) is 10.9 Å². The van der Waals surface area contributed by atoms with Crippen molar-refractivity contribution in [2.24, 2.45) is 7.05 Å². The van der Waals surface area contributed by atoms with E-state index in [1.807, 2.05) is 42.1 Å². The lowest BCUT2D eigenvalue weighted by atomic mass is 10.1.